The van der Waals surface area contributed by atoms with Gasteiger partial charge in [-0.05, 0) is 22.6 Å². The van der Waals surface area contributed by atoms with Crippen molar-refractivity contribution in [3.63, 3.8) is 0 Å². The molecule has 0 aromatic heterocycles. The minimum absolute atomic E-state index is 0.470. The first-order valence-electron chi connectivity index (χ1n) is 6.33. The van der Waals surface area contributed by atoms with Crippen molar-refractivity contribution in [2.24, 2.45) is 0 Å². The molecule has 2 aromatic rings. The molecule has 0 aliphatic heterocycles. The molecule has 0 spiro atoms. The highest BCUT2D eigenvalue weighted by atomic mass is 14.1. The lowest BCUT2D eigenvalue weighted by atomic mass is 9.91. The lowest BCUT2D eigenvalue weighted by Gasteiger charge is -2.13. The second-order valence-corrected chi connectivity index (χ2v) is 4.95. The Morgan fingerprint density at radius 1 is 0.588 bits per heavy atom. The highest BCUT2D eigenvalue weighted by Crippen LogP contribution is 2.25. The van der Waals surface area contributed by atoms with Gasteiger partial charge in [-0.25, -0.2) is 0 Å². The van der Waals surface area contributed by atoms with Crippen LogP contribution in [0.15, 0.2) is 54.6 Å². The maximum absolute atomic E-state index is 2.26. The van der Waals surface area contributed by atoms with E-state index in [9.17, 15) is 0 Å². The van der Waals surface area contributed by atoms with E-state index in [0.29, 0.717) is 11.8 Å². The van der Waals surface area contributed by atoms with E-state index in [4.69, 9.17) is 0 Å². The SMILES string of the molecule is CC(C)c1ccc(C(C)c2ccccc2)cc1. The molecule has 2 aromatic carbocycles. The number of hydrogen-bond donors (Lipinski definition) is 0. The fourth-order valence-electron chi connectivity index (χ4n) is 2.10. The average Bonchev–Trinajstić information content (AvgIpc) is 2.39. The smallest absolute Gasteiger partial charge is 0.00610 e. The van der Waals surface area contributed by atoms with Gasteiger partial charge in [-0.1, -0.05) is 75.4 Å². The molecule has 0 fully saturated rings. The van der Waals surface area contributed by atoms with Crippen LogP contribution in [-0.4, -0.2) is 0 Å². The van der Waals surface area contributed by atoms with Crippen molar-refractivity contribution in [1.82, 2.24) is 0 Å². The van der Waals surface area contributed by atoms with Gasteiger partial charge in [0.15, 0.2) is 0 Å². The summed E-state index contributed by atoms with van der Waals surface area (Å²) in [5.74, 6) is 1.08. The van der Waals surface area contributed by atoms with Gasteiger partial charge in [0, 0.05) is 5.92 Å². The number of hydrogen-bond acceptors (Lipinski definition) is 0. The van der Waals surface area contributed by atoms with Crippen molar-refractivity contribution in [2.75, 3.05) is 0 Å². The second kappa shape index (κ2) is 5.18. The van der Waals surface area contributed by atoms with Crippen LogP contribution in [0.2, 0.25) is 0 Å². The molecule has 0 saturated carbocycles. The Balaban J connectivity index is 2.23. The Kier molecular flexibility index (Phi) is 3.63. The Bertz CT molecular complexity index is 451. The maximum atomic E-state index is 2.26. The topological polar surface area (TPSA) is 0 Å². The standard InChI is InChI=1S/C17H20/c1-13(2)15-9-11-17(12-10-15)14(3)16-7-5-4-6-8-16/h4-14H,1-3H3. The first kappa shape index (κ1) is 11.9. The summed E-state index contributed by atoms with van der Waals surface area (Å²) >= 11 is 0. The van der Waals surface area contributed by atoms with Crippen LogP contribution in [0.3, 0.4) is 0 Å². The third-order valence-electron chi connectivity index (χ3n) is 3.40. The van der Waals surface area contributed by atoms with Crippen molar-refractivity contribution in [3.8, 4) is 0 Å². The largest absolute Gasteiger partial charge is 0.0622 e. The summed E-state index contributed by atoms with van der Waals surface area (Å²) in [4.78, 5) is 0. The van der Waals surface area contributed by atoms with Gasteiger partial charge in [0.25, 0.3) is 0 Å². The first-order chi connectivity index (χ1) is 8.18. The quantitative estimate of drug-likeness (QED) is 0.691. The molecule has 0 amide bonds. The third-order valence-corrected chi connectivity index (χ3v) is 3.40. The predicted molar refractivity (Wildman–Crippen MR) is 74.5 cm³/mol. The van der Waals surface area contributed by atoms with E-state index in [1.54, 1.807) is 0 Å². The Morgan fingerprint density at radius 3 is 1.59 bits per heavy atom. The number of rotatable bonds is 3. The highest BCUT2D eigenvalue weighted by molar-refractivity contribution is 5.34. The highest BCUT2D eigenvalue weighted by Gasteiger charge is 2.08. The van der Waals surface area contributed by atoms with E-state index in [1.165, 1.54) is 16.7 Å². The van der Waals surface area contributed by atoms with E-state index >= 15 is 0 Å². The van der Waals surface area contributed by atoms with Crippen LogP contribution < -0.4 is 0 Å². The summed E-state index contributed by atoms with van der Waals surface area (Å²) in [6.07, 6.45) is 0. The monoisotopic (exact) mass is 224 g/mol. The molecular weight excluding hydrogens is 204 g/mol. The van der Waals surface area contributed by atoms with Gasteiger partial charge in [-0.3, -0.25) is 0 Å². The zero-order chi connectivity index (χ0) is 12.3. The van der Waals surface area contributed by atoms with Crippen molar-refractivity contribution in [3.05, 3.63) is 71.3 Å². The lowest BCUT2D eigenvalue weighted by Crippen LogP contribution is -1.96. The van der Waals surface area contributed by atoms with E-state index in [0.717, 1.165) is 0 Å². The van der Waals surface area contributed by atoms with Crippen molar-refractivity contribution >= 4 is 0 Å². The van der Waals surface area contributed by atoms with Gasteiger partial charge in [-0.2, -0.15) is 0 Å². The summed E-state index contributed by atoms with van der Waals surface area (Å²) in [5, 5.41) is 0. The van der Waals surface area contributed by atoms with Gasteiger partial charge < -0.3 is 0 Å². The normalized spacial score (nSPS) is 12.7. The van der Waals surface area contributed by atoms with Crippen molar-refractivity contribution in [1.29, 1.82) is 0 Å². The summed E-state index contributed by atoms with van der Waals surface area (Å²) in [6.45, 7) is 6.73. The van der Waals surface area contributed by atoms with Crippen LogP contribution in [0.1, 0.15) is 49.3 Å². The molecule has 0 N–H and O–H groups in total. The van der Waals surface area contributed by atoms with Gasteiger partial charge in [0.2, 0.25) is 0 Å². The van der Waals surface area contributed by atoms with Gasteiger partial charge in [0.1, 0.15) is 0 Å². The molecule has 0 nitrogen and oxygen atoms in total. The van der Waals surface area contributed by atoms with E-state index in [-0.39, 0.29) is 0 Å². The van der Waals surface area contributed by atoms with Crippen LogP contribution in [0, 0.1) is 0 Å². The van der Waals surface area contributed by atoms with Crippen LogP contribution in [0.4, 0.5) is 0 Å². The Labute approximate surface area is 104 Å². The Hall–Kier alpha value is -1.56. The third kappa shape index (κ3) is 2.76. The molecule has 88 valence electrons. The molecule has 1 atom stereocenters. The van der Waals surface area contributed by atoms with Gasteiger partial charge >= 0.3 is 0 Å². The van der Waals surface area contributed by atoms with Crippen LogP contribution in [0.5, 0.6) is 0 Å². The molecule has 0 bridgehead atoms. The zero-order valence-corrected chi connectivity index (χ0v) is 10.9. The van der Waals surface area contributed by atoms with Gasteiger partial charge in [-0.15, -0.1) is 0 Å². The predicted octanol–water partition coefficient (Wildman–Crippen LogP) is 4.96. The Morgan fingerprint density at radius 2 is 1.06 bits per heavy atom. The first-order valence-corrected chi connectivity index (χ1v) is 6.33. The van der Waals surface area contributed by atoms with E-state index in [2.05, 4.69) is 75.4 Å². The lowest BCUT2D eigenvalue weighted by molar-refractivity contribution is 0.859. The summed E-state index contributed by atoms with van der Waals surface area (Å²) in [6, 6.07) is 19.7. The fraction of sp³-hybridized carbons (Fsp3) is 0.294. The molecule has 0 aliphatic rings. The minimum atomic E-state index is 0.470. The molecule has 17 heavy (non-hydrogen) atoms. The zero-order valence-electron chi connectivity index (χ0n) is 10.9. The molecule has 0 heterocycles. The van der Waals surface area contributed by atoms with Crippen molar-refractivity contribution < 1.29 is 0 Å². The van der Waals surface area contributed by atoms with Crippen LogP contribution in [0.25, 0.3) is 0 Å². The molecule has 0 aliphatic carbocycles. The fourth-order valence-corrected chi connectivity index (χ4v) is 2.10. The summed E-state index contributed by atoms with van der Waals surface area (Å²) < 4.78 is 0. The van der Waals surface area contributed by atoms with Crippen molar-refractivity contribution in [2.45, 2.75) is 32.6 Å². The molecule has 0 saturated heterocycles. The van der Waals surface area contributed by atoms with Crippen LogP contribution in [-0.2, 0) is 0 Å². The average molecular weight is 224 g/mol. The van der Waals surface area contributed by atoms with Gasteiger partial charge in [0.05, 0.1) is 0 Å². The van der Waals surface area contributed by atoms with E-state index < -0.39 is 0 Å². The molecule has 0 radical (unpaired) electrons. The van der Waals surface area contributed by atoms with E-state index in [1.807, 2.05) is 0 Å². The molecule has 2 rings (SSSR count). The molecular formula is C17H20. The summed E-state index contributed by atoms with van der Waals surface area (Å²) in [7, 11) is 0. The van der Waals surface area contributed by atoms with Crippen LogP contribution >= 0.6 is 0 Å². The summed E-state index contributed by atoms with van der Waals surface area (Å²) in [5.41, 5.74) is 4.18. The minimum Gasteiger partial charge on any atom is -0.0622 e. The number of benzene rings is 2. The second-order valence-electron chi connectivity index (χ2n) is 4.95. The molecule has 1 unspecified atom stereocenters. The molecule has 0 heteroatoms. The maximum Gasteiger partial charge on any atom is 0.00610 e.